The number of nitrogens with one attached hydrogen (secondary N) is 1. The summed E-state index contributed by atoms with van der Waals surface area (Å²) in [5.41, 5.74) is 1.41. The van der Waals surface area contributed by atoms with Crippen LogP contribution in [0.3, 0.4) is 0 Å². The zero-order chi connectivity index (χ0) is 9.97. The Balaban J connectivity index is 0.00000112. The van der Waals surface area contributed by atoms with Crippen molar-refractivity contribution in [2.75, 3.05) is 0 Å². The molecule has 2 rings (SSSR count). The van der Waals surface area contributed by atoms with Gasteiger partial charge in [0.1, 0.15) is 0 Å². The summed E-state index contributed by atoms with van der Waals surface area (Å²) in [6, 6.07) is 3.00. The summed E-state index contributed by atoms with van der Waals surface area (Å²) in [6.07, 6.45) is 4.11. The average Bonchev–Trinajstić information content (AvgIpc) is 2.77. The summed E-state index contributed by atoms with van der Waals surface area (Å²) < 4.78 is 1.23. The van der Waals surface area contributed by atoms with Crippen molar-refractivity contribution in [3.05, 3.63) is 20.8 Å². The Kier molecular flexibility index (Phi) is 5.61. The van der Waals surface area contributed by atoms with Crippen molar-refractivity contribution in [2.45, 2.75) is 38.8 Å². The van der Waals surface area contributed by atoms with E-state index in [9.17, 15) is 0 Å². The van der Waals surface area contributed by atoms with Gasteiger partial charge in [0.05, 0.1) is 3.79 Å². The second-order valence-electron chi connectivity index (χ2n) is 4.03. The van der Waals surface area contributed by atoms with Crippen molar-refractivity contribution in [3.63, 3.8) is 0 Å². The minimum absolute atomic E-state index is 0. The summed E-state index contributed by atoms with van der Waals surface area (Å²) in [5, 5.41) is 5.82. The van der Waals surface area contributed by atoms with Crippen molar-refractivity contribution < 1.29 is 0 Å². The van der Waals surface area contributed by atoms with E-state index in [1.54, 1.807) is 11.3 Å². The van der Waals surface area contributed by atoms with E-state index in [2.05, 4.69) is 39.6 Å². The molecule has 1 N–H and O–H groups in total. The first-order valence-corrected chi connectivity index (χ1v) is 6.93. The number of halogens is 2. The third kappa shape index (κ3) is 4.06. The predicted molar refractivity (Wildman–Crippen MR) is 72.9 cm³/mol. The Morgan fingerprint density at radius 2 is 2.40 bits per heavy atom. The van der Waals surface area contributed by atoms with Crippen LogP contribution in [-0.4, -0.2) is 6.04 Å². The van der Waals surface area contributed by atoms with Crippen molar-refractivity contribution >= 4 is 39.7 Å². The monoisotopic (exact) mass is 309 g/mol. The first-order valence-electron chi connectivity index (χ1n) is 5.26. The minimum Gasteiger partial charge on any atom is -0.310 e. The Labute approximate surface area is 110 Å². The minimum atomic E-state index is 0. The number of hydrogen-bond acceptors (Lipinski definition) is 2. The zero-order valence-electron chi connectivity index (χ0n) is 8.83. The van der Waals surface area contributed by atoms with Gasteiger partial charge in [-0.05, 0) is 51.7 Å². The summed E-state index contributed by atoms with van der Waals surface area (Å²) in [7, 11) is 0. The Morgan fingerprint density at radius 3 is 3.00 bits per heavy atom. The maximum Gasteiger partial charge on any atom is 0.0701 e. The van der Waals surface area contributed by atoms with Crippen molar-refractivity contribution in [1.82, 2.24) is 5.32 Å². The molecule has 86 valence electrons. The molecule has 0 aliphatic heterocycles. The van der Waals surface area contributed by atoms with Crippen LogP contribution in [0, 0.1) is 5.92 Å². The first kappa shape index (κ1) is 13.5. The van der Waals surface area contributed by atoms with Gasteiger partial charge < -0.3 is 5.32 Å². The molecule has 15 heavy (non-hydrogen) atoms. The lowest BCUT2D eigenvalue weighted by Gasteiger charge is -2.01. The lowest BCUT2D eigenvalue weighted by molar-refractivity contribution is 0.600. The normalized spacial score (nSPS) is 23.6. The summed E-state index contributed by atoms with van der Waals surface area (Å²) >= 11 is 5.25. The molecule has 1 fully saturated rings. The molecular formula is C11H17BrClNS. The zero-order valence-corrected chi connectivity index (χ0v) is 12.1. The van der Waals surface area contributed by atoms with Crippen molar-refractivity contribution in [2.24, 2.45) is 5.92 Å². The SMILES string of the molecule is CCCC1CC1NCc1csc(Br)c1.Cl. The van der Waals surface area contributed by atoms with E-state index in [1.807, 2.05) is 0 Å². The van der Waals surface area contributed by atoms with Crippen LogP contribution in [0.15, 0.2) is 15.2 Å². The van der Waals surface area contributed by atoms with E-state index in [0.717, 1.165) is 18.5 Å². The van der Waals surface area contributed by atoms with Gasteiger partial charge in [-0.1, -0.05) is 13.3 Å². The molecule has 1 saturated carbocycles. The van der Waals surface area contributed by atoms with E-state index in [4.69, 9.17) is 0 Å². The molecule has 0 aromatic carbocycles. The van der Waals surface area contributed by atoms with Gasteiger partial charge in [-0.15, -0.1) is 23.7 Å². The maximum absolute atomic E-state index is 3.61. The second-order valence-corrected chi connectivity index (χ2v) is 6.32. The molecule has 0 amide bonds. The lowest BCUT2D eigenvalue weighted by atomic mass is 10.2. The first-order chi connectivity index (χ1) is 6.79. The molecular weight excluding hydrogens is 294 g/mol. The fourth-order valence-corrected chi connectivity index (χ4v) is 3.08. The van der Waals surface area contributed by atoms with Crippen LogP contribution >= 0.6 is 39.7 Å². The van der Waals surface area contributed by atoms with Crippen LogP contribution in [0.4, 0.5) is 0 Å². The van der Waals surface area contributed by atoms with E-state index in [-0.39, 0.29) is 12.4 Å². The Morgan fingerprint density at radius 1 is 1.60 bits per heavy atom. The molecule has 1 heterocycles. The van der Waals surface area contributed by atoms with Crippen molar-refractivity contribution in [3.8, 4) is 0 Å². The third-order valence-corrected chi connectivity index (χ3v) is 4.33. The highest BCUT2D eigenvalue weighted by molar-refractivity contribution is 9.11. The quantitative estimate of drug-likeness (QED) is 0.859. The van der Waals surface area contributed by atoms with Gasteiger partial charge in [-0.3, -0.25) is 0 Å². The molecule has 2 atom stereocenters. The van der Waals surface area contributed by atoms with Gasteiger partial charge in [-0.2, -0.15) is 0 Å². The molecule has 0 saturated heterocycles. The molecule has 1 aliphatic rings. The molecule has 0 bridgehead atoms. The lowest BCUT2D eigenvalue weighted by Crippen LogP contribution is -2.17. The molecule has 1 aromatic heterocycles. The molecule has 4 heteroatoms. The summed E-state index contributed by atoms with van der Waals surface area (Å²) in [4.78, 5) is 0. The van der Waals surface area contributed by atoms with Crippen LogP contribution in [0.25, 0.3) is 0 Å². The summed E-state index contributed by atoms with van der Waals surface area (Å²) in [5.74, 6) is 0.960. The molecule has 0 spiro atoms. The molecule has 2 unspecified atom stereocenters. The predicted octanol–water partition coefficient (Wildman–Crippen LogP) is 4.21. The molecule has 1 aliphatic carbocycles. The van der Waals surface area contributed by atoms with Gasteiger partial charge in [0.15, 0.2) is 0 Å². The van der Waals surface area contributed by atoms with Crippen LogP contribution in [-0.2, 0) is 6.54 Å². The van der Waals surface area contributed by atoms with E-state index >= 15 is 0 Å². The fraction of sp³-hybridized carbons (Fsp3) is 0.636. The topological polar surface area (TPSA) is 12.0 Å². The van der Waals surface area contributed by atoms with Crippen LogP contribution in [0.1, 0.15) is 31.7 Å². The van der Waals surface area contributed by atoms with E-state index in [0.29, 0.717) is 0 Å². The van der Waals surface area contributed by atoms with Gasteiger partial charge >= 0.3 is 0 Å². The Hall–Kier alpha value is 0.430. The molecule has 1 nitrogen and oxygen atoms in total. The molecule has 1 aromatic rings. The number of rotatable bonds is 5. The van der Waals surface area contributed by atoms with E-state index < -0.39 is 0 Å². The summed E-state index contributed by atoms with van der Waals surface area (Å²) in [6.45, 7) is 3.30. The molecule has 0 radical (unpaired) electrons. The smallest absolute Gasteiger partial charge is 0.0701 e. The van der Waals surface area contributed by atoms with Crippen molar-refractivity contribution in [1.29, 1.82) is 0 Å². The maximum atomic E-state index is 3.61. The third-order valence-electron chi connectivity index (χ3n) is 2.77. The van der Waals surface area contributed by atoms with Crippen LogP contribution < -0.4 is 5.32 Å². The van der Waals surface area contributed by atoms with E-state index in [1.165, 1.54) is 28.6 Å². The van der Waals surface area contributed by atoms with Gasteiger partial charge in [0.2, 0.25) is 0 Å². The van der Waals surface area contributed by atoms with Crippen LogP contribution in [0.2, 0.25) is 0 Å². The standard InChI is InChI=1S/C11H16BrNS.ClH/c1-2-3-9-5-10(9)13-6-8-4-11(12)14-7-8;/h4,7,9-10,13H,2-3,5-6H2,1H3;1H. The average molecular weight is 311 g/mol. The highest BCUT2D eigenvalue weighted by atomic mass is 79.9. The van der Waals surface area contributed by atoms with Gasteiger partial charge in [-0.25, -0.2) is 0 Å². The highest BCUT2D eigenvalue weighted by Crippen LogP contribution is 2.34. The van der Waals surface area contributed by atoms with Gasteiger partial charge in [0.25, 0.3) is 0 Å². The largest absolute Gasteiger partial charge is 0.310 e. The number of hydrogen-bond donors (Lipinski definition) is 1. The van der Waals surface area contributed by atoms with Gasteiger partial charge in [0, 0.05) is 12.6 Å². The van der Waals surface area contributed by atoms with Crippen LogP contribution in [0.5, 0.6) is 0 Å². The highest BCUT2D eigenvalue weighted by Gasteiger charge is 2.35. The fourth-order valence-electron chi connectivity index (χ4n) is 1.87. The number of thiophene rings is 1. The Bertz CT molecular complexity index is 303. The second kappa shape index (κ2) is 6.24.